The maximum Gasteiger partial charge on any atom is 0.00698 e. The van der Waals surface area contributed by atoms with Crippen LogP contribution < -0.4 is 5.32 Å². The average molecular weight is 169 g/mol. The molecule has 0 aliphatic carbocycles. The molecule has 0 aromatic carbocycles. The predicted molar refractivity (Wildman–Crippen MR) is 56.4 cm³/mol. The minimum absolute atomic E-state index is 0.705. The first-order valence-electron chi connectivity index (χ1n) is 5.08. The molecule has 1 unspecified atom stereocenters. The van der Waals surface area contributed by atoms with Crippen LogP contribution in [-0.2, 0) is 0 Å². The van der Waals surface area contributed by atoms with Crippen LogP contribution in [0.1, 0.15) is 46.5 Å². The van der Waals surface area contributed by atoms with Gasteiger partial charge in [0.25, 0.3) is 0 Å². The maximum absolute atomic E-state index is 3.92. The molecule has 12 heavy (non-hydrogen) atoms. The Labute approximate surface area is 77.2 Å². The van der Waals surface area contributed by atoms with Gasteiger partial charge in [0.15, 0.2) is 0 Å². The van der Waals surface area contributed by atoms with Crippen LogP contribution in [0.15, 0.2) is 12.2 Å². The van der Waals surface area contributed by atoms with Gasteiger partial charge in [-0.15, -0.1) is 6.58 Å². The van der Waals surface area contributed by atoms with E-state index in [-0.39, 0.29) is 0 Å². The molecule has 0 saturated heterocycles. The van der Waals surface area contributed by atoms with Gasteiger partial charge in [0.05, 0.1) is 0 Å². The van der Waals surface area contributed by atoms with Crippen molar-refractivity contribution in [3.8, 4) is 0 Å². The number of rotatable bonds is 7. The zero-order chi connectivity index (χ0) is 9.40. The van der Waals surface area contributed by atoms with E-state index in [1.165, 1.54) is 24.8 Å². The third-order valence-corrected chi connectivity index (χ3v) is 2.05. The van der Waals surface area contributed by atoms with Crippen molar-refractivity contribution >= 4 is 0 Å². The van der Waals surface area contributed by atoms with Gasteiger partial charge in [0.1, 0.15) is 0 Å². The molecule has 0 amide bonds. The highest BCUT2D eigenvalue weighted by molar-refractivity contribution is 4.89. The fourth-order valence-electron chi connectivity index (χ4n) is 1.41. The van der Waals surface area contributed by atoms with Gasteiger partial charge in [-0.25, -0.2) is 0 Å². The van der Waals surface area contributed by atoms with Crippen molar-refractivity contribution in [2.45, 2.75) is 52.5 Å². The van der Waals surface area contributed by atoms with Crippen LogP contribution in [0.5, 0.6) is 0 Å². The Morgan fingerprint density at radius 1 is 1.33 bits per heavy atom. The number of hydrogen-bond acceptors (Lipinski definition) is 1. The summed E-state index contributed by atoms with van der Waals surface area (Å²) >= 11 is 0. The minimum atomic E-state index is 0.705. The van der Waals surface area contributed by atoms with E-state index in [0.717, 1.165) is 13.0 Å². The van der Waals surface area contributed by atoms with Crippen LogP contribution >= 0.6 is 0 Å². The summed E-state index contributed by atoms with van der Waals surface area (Å²) in [6.07, 6.45) is 4.98. The van der Waals surface area contributed by atoms with Crippen LogP contribution in [-0.4, -0.2) is 12.6 Å². The number of hydrogen-bond donors (Lipinski definition) is 1. The summed E-state index contributed by atoms with van der Waals surface area (Å²) in [5, 5.41) is 3.50. The van der Waals surface area contributed by atoms with Crippen LogP contribution in [0.3, 0.4) is 0 Å². The van der Waals surface area contributed by atoms with Crippen molar-refractivity contribution in [1.82, 2.24) is 5.32 Å². The first-order valence-corrected chi connectivity index (χ1v) is 5.08. The fraction of sp³-hybridized carbons (Fsp3) is 0.818. The molecule has 0 aliphatic heterocycles. The van der Waals surface area contributed by atoms with E-state index < -0.39 is 0 Å². The Balaban J connectivity index is 3.54. The van der Waals surface area contributed by atoms with E-state index in [0.29, 0.717) is 6.04 Å². The van der Waals surface area contributed by atoms with Crippen molar-refractivity contribution in [3.63, 3.8) is 0 Å². The number of nitrogens with one attached hydrogen (secondary N) is 1. The summed E-state index contributed by atoms with van der Waals surface area (Å²) in [5.41, 5.74) is 1.30. The monoisotopic (exact) mass is 169 g/mol. The van der Waals surface area contributed by atoms with Crippen LogP contribution in [0.25, 0.3) is 0 Å². The van der Waals surface area contributed by atoms with Gasteiger partial charge in [-0.05, 0) is 32.7 Å². The van der Waals surface area contributed by atoms with Crippen LogP contribution in [0.4, 0.5) is 0 Å². The Hall–Kier alpha value is -0.300. The summed E-state index contributed by atoms with van der Waals surface area (Å²) in [5.74, 6) is 0. The molecule has 1 nitrogen and oxygen atoms in total. The Kier molecular flexibility index (Phi) is 7.17. The van der Waals surface area contributed by atoms with E-state index >= 15 is 0 Å². The molecule has 72 valence electrons. The molecule has 0 bridgehead atoms. The van der Waals surface area contributed by atoms with Crippen LogP contribution in [0, 0.1) is 0 Å². The largest absolute Gasteiger partial charge is 0.314 e. The molecule has 0 rings (SSSR count). The Bertz CT molecular complexity index is 112. The Morgan fingerprint density at radius 3 is 2.42 bits per heavy atom. The topological polar surface area (TPSA) is 12.0 Å². The van der Waals surface area contributed by atoms with E-state index in [1.54, 1.807) is 0 Å². The number of allylic oxidation sites excluding steroid dienone is 1. The summed E-state index contributed by atoms with van der Waals surface area (Å²) in [4.78, 5) is 0. The highest BCUT2D eigenvalue weighted by atomic mass is 14.9. The summed E-state index contributed by atoms with van der Waals surface area (Å²) in [6.45, 7) is 11.5. The Morgan fingerprint density at radius 2 is 2.00 bits per heavy atom. The normalized spacial score (nSPS) is 12.9. The third kappa shape index (κ3) is 6.41. The minimum Gasteiger partial charge on any atom is -0.314 e. The second-order valence-electron chi connectivity index (χ2n) is 3.54. The van der Waals surface area contributed by atoms with Gasteiger partial charge in [-0.1, -0.05) is 25.8 Å². The predicted octanol–water partition coefficient (Wildman–Crippen LogP) is 3.12. The van der Waals surface area contributed by atoms with Gasteiger partial charge >= 0.3 is 0 Å². The van der Waals surface area contributed by atoms with Crippen molar-refractivity contribution < 1.29 is 0 Å². The third-order valence-electron chi connectivity index (χ3n) is 2.05. The molecule has 0 aromatic rings. The molecule has 1 atom stereocenters. The average Bonchev–Trinajstić information content (AvgIpc) is 2.01. The molecule has 1 N–H and O–H groups in total. The molecular weight excluding hydrogens is 146 g/mol. The van der Waals surface area contributed by atoms with Gasteiger partial charge in [-0.3, -0.25) is 0 Å². The zero-order valence-electron chi connectivity index (χ0n) is 8.82. The van der Waals surface area contributed by atoms with Gasteiger partial charge in [0, 0.05) is 6.04 Å². The second-order valence-corrected chi connectivity index (χ2v) is 3.54. The standard InChI is InChI=1S/C11H23N/c1-5-7-11(12-6-2)9-8-10(3)4/h11-12H,3,5-9H2,1-2,4H3. The van der Waals surface area contributed by atoms with E-state index in [4.69, 9.17) is 0 Å². The molecule has 0 spiro atoms. The summed E-state index contributed by atoms with van der Waals surface area (Å²) in [6, 6.07) is 0.705. The summed E-state index contributed by atoms with van der Waals surface area (Å²) in [7, 11) is 0. The lowest BCUT2D eigenvalue weighted by atomic mass is 10.0. The molecule has 0 saturated carbocycles. The van der Waals surface area contributed by atoms with Crippen molar-refractivity contribution in [1.29, 1.82) is 0 Å². The molecule has 0 aliphatic rings. The zero-order valence-corrected chi connectivity index (χ0v) is 8.82. The smallest absolute Gasteiger partial charge is 0.00698 e. The van der Waals surface area contributed by atoms with Crippen molar-refractivity contribution in [2.24, 2.45) is 0 Å². The lowest BCUT2D eigenvalue weighted by Gasteiger charge is -2.16. The van der Waals surface area contributed by atoms with E-state index in [9.17, 15) is 0 Å². The molecular formula is C11H23N. The lowest BCUT2D eigenvalue weighted by Crippen LogP contribution is -2.28. The van der Waals surface area contributed by atoms with Crippen molar-refractivity contribution in [3.05, 3.63) is 12.2 Å². The molecule has 0 heterocycles. The molecule has 0 aromatic heterocycles. The van der Waals surface area contributed by atoms with E-state index in [1.807, 2.05) is 0 Å². The first kappa shape index (κ1) is 11.7. The first-order chi connectivity index (χ1) is 5.70. The van der Waals surface area contributed by atoms with Gasteiger partial charge in [0.2, 0.25) is 0 Å². The molecule has 0 fully saturated rings. The summed E-state index contributed by atoms with van der Waals surface area (Å²) < 4.78 is 0. The van der Waals surface area contributed by atoms with E-state index in [2.05, 4.69) is 32.7 Å². The van der Waals surface area contributed by atoms with Crippen LogP contribution in [0.2, 0.25) is 0 Å². The highest BCUT2D eigenvalue weighted by Crippen LogP contribution is 2.08. The van der Waals surface area contributed by atoms with Gasteiger partial charge in [-0.2, -0.15) is 0 Å². The quantitative estimate of drug-likeness (QED) is 0.577. The fourth-order valence-corrected chi connectivity index (χ4v) is 1.41. The lowest BCUT2D eigenvalue weighted by molar-refractivity contribution is 0.459. The molecule has 1 heteroatoms. The highest BCUT2D eigenvalue weighted by Gasteiger charge is 2.04. The van der Waals surface area contributed by atoms with Gasteiger partial charge < -0.3 is 5.32 Å². The second kappa shape index (κ2) is 7.35. The van der Waals surface area contributed by atoms with Crippen molar-refractivity contribution in [2.75, 3.05) is 6.54 Å². The SMILES string of the molecule is C=C(C)CCC(CCC)NCC. The maximum atomic E-state index is 3.92. The molecule has 0 radical (unpaired) electrons.